The summed E-state index contributed by atoms with van der Waals surface area (Å²) in [4.78, 5) is 56.1. The van der Waals surface area contributed by atoms with Gasteiger partial charge in [-0.2, -0.15) is 0 Å². The number of hydrogen-bond acceptors (Lipinski definition) is 5. The Morgan fingerprint density at radius 3 is 2.02 bits per heavy atom. The molecule has 2 aliphatic heterocycles. The molecule has 2 heterocycles. The molecule has 5 atom stereocenters. The number of rotatable bonds is 12. The van der Waals surface area contributed by atoms with Crippen LogP contribution in [0, 0.1) is 5.92 Å². The fraction of sp³-hybridized carbons (Fsp3) is 0.389. The van der Waals surface area contributed by atoms with Gasteiger partial charge in [0.1, 0.15) is 12.1 Å². The third kappa shape index (κ3) is 8.40. The summed E-state index contributed by atoms with van der Waals surface area (Å²) in [7, 11) is 5.63. The zero-order chi connectivity index (χ0) is 33.2. The molecule has 0 spiro atoms. The van der Waals surface area contributed by atoms with Crippen molar-refractivity contribution in [1.82, 2.24) is 31.4 Å². The van der Waals surface area contributed by atoms with Gasteiger partial charge in [0.25, 0.3) is 0 Å². The maximum Gasteiger partial charge on any atom is 0.315 e. The van der Waals surface area contributed by atoms with Crippen LogP contribution in [0.5, 0.6) is 0 Å². The maximum atomic E-state index is 14.4. The largest absolute Gasteiger partial charge is 0.356 e. The second kappa shape index (κ2) is 16.3. The Bertz CT molecular complexity index is 1450. The highest BCUT2D eigenvalue weighted by molar-refractivity contribution is 6.07. The summed E-state index contributed by atoms with van der Waals surface area (Å²) in [6.45, 7) is 2.35. The lowest BCUT2D eigenvalue weighted by Crippen LogP contribution is -2.59. The molecular weight excluding hydrogens is 591 g/mol. The zero-order valence-electron chi connectivity index (χ0n) is 26.7. The number of nitrogens with zero attached hydrogens (tertiary/aromatic N) is 1. The molecule has 2 aliphatic rings. The summed E-state index contributed by atoms with van der Waals surface area (Å²) in [5, 5.41) is 14.4. The SMILES string of the molecule is [B]N[C@@H](CC)C(=O)N[C@@H]1C(=O)N2[C@@H](CC[C@@H]1CNC(=O)NCc1ccccc1)CC[C@H]2C(=O)NC(c1ccccc1)c1ccccc1. The third-order valence-corrected chi connectivity index (χ3v) is 9.26. The molecule has 0 unspecified atom stereocenters. The standard InChI is InChI=1S/C36H43BN6O4/c1-2-29(42-37)33(44)41-32-27(23-39-36(47)38-22-24-12-6-3-7-13-24)18-19-28-20-21-30(43(28)35(32)46)34(45)40-31(25-14-8-4-9-15-25)26-16-10-5-11-17-26/h3-17,27-32,42H,2,18-23H2,1H3,(H,40,45)(H,41,44)(H2,38,39,47)/t27-,28+,29+,30+,32+/m1/s1. The summed E-state index contributed by atoms with van der Waals surface area (Å²) < 4.78 is 0. The fourth-order valence-electron chi connectivity index (χ4n) is 6.68. The van der Waals surface area contributed by atoms with Crippen LogP contribution in [0.1, 0.15) is 61.8 Å². The molecule has 0 aromatic heterocycles. The van der Waals surface area contributed by atoms with Gasteiger partial charge in [-0.15, -0.1) is 0 Å². The van der Waals surface area contributed by atoms with Crippen LogP contribution in [-0.2, 0) is 20.9 Å². The Balaban J connectivity index is 1.33. The third-order valence-electron chi connectivity index (χ3n) is 9.26. The average molecular weight is 635 g/mol. The van der Waals surface area contributed by atoms with Crippen LogP contribution in [0.25, 0.3) is 0 Å². The van der Waals surface area contributed by atoms with Crippen LogP contribution in [0.2, 0.25) is 0 Å². The molecule has 5 N–H and O–H groups in total. The van der Waals surface area contributed by atoms with Crippen LogP contribution in [-0.4, -0.2) is 67.3 Å². The number of hydrogen-bond donors (Lipinski definition) is 5. The molecule has 244 valence electrons. The monoisotopic (exact) mass is 634 g/mol. The van der Waals surface area contributed by atoms with Crippen LogP contribution in [0.3, 0.4) is 0 Å². The first kappa shape index (κ1) is 33.7. The Kier molecular flexibility index (Phi) is 11.7. The van der Waals surface area contributed by atoms with Gasteiger partial charge in [0.05, 0.1) is 12.1 Å². The van der Waals surface area contributed by atoms with Gasteiger partial charge in [-0.3, -0.25) is 14.4 Å². The van der Waals surface area contributed by atoms with Gasteiger partial charge < -0.3 is 31.4 Å². The highest BCUT2D eigenvalue weighted by Gasteiger charge is 2.48. The second-order valence-corrected chi connectivity index (χ2v) is 12.3. The molecule has 47 heavy (non-hydrogen) atoms. The summed E-state index contributed by atoms with van der Waals surface area (Å²) in [5.74, 6) is -1.35. The normalized spacial score (nSPS) is 21.3. The van der Waals surface area contributed by atoms with Crippen molar-refractivity contribution < 1.29 is 19.2 Å². The van der Waals surface area contributed by atoms with E-state index in [1.165, 1.54) is 0 Å². The predicted octanol–water partition coefficient (Wildman–Crippen LogP) is 3.10. The summed E-state index contributed by atoms with van der Waals surface area (Å²) in [6, 6.07) is 25.8. The molecule has 0 saturated carbocycles. The van der Waals surface area contributed by atoms with Gasteiger partial charge in [-0.25, -0.2) is 4.79 Å². The van der Waals surface area contributed by atoms with Crippen LogP contribution in [0.15, 0.2) is 91.0 Å². The van der Waals surface area contributed by atoms with Crippen molar-refractivity contribution >= 4 is 31.7 Å². The van der Waals surface area contributed by atoms with Gasteiger partial charge >= 0.3 is 6.03 Å². The van der Waals surface area contributed by atoms with Gasteiger partial charge in [0.15, 0.2) is 7.98 Å². The van der Waals surface area contributed by atoms with E-state index in [1.54, 1.807) is 4.90 Å². The minimum Gasteiger partial charge on any atom is -0.356 e. The molecule has 11 heteroatoms. The lowest BCUT2D eigenvalue weighted by molar-refractivity contribution is -0.143. The number of carbonyl (C=O) groups is 4. The van der Waals surface area contributed by atoms with Crippen molar-refractivity contribution in [1.29, 1.82) is 0 Å². The van der Waals surface area contributed by atoms with E-state index in [2.05, 4.69) is 26.5 Å². The van der Waals surface area contributed by atoms with E-state index in [-0.39, 0.29) is 36.3 Å². The first-order chi connectivity index (χ1) is 22.9. The lowest BCUT2D eigenvalue weighted by Gasteiger charge is -2.33. The number of amides is 5. The maximum absolute atomic E-state index is 14.4. The Hall–Kier alpha value is -4.64. The van der Waals surface area contributed by atoms with Crippen molar-refractivity contribution in [2.45, 2.75) is 75.8 Å². The van der Waals surface area contributed by atoms with Crippen molar-refractivity contribution in [3.05, 3.63) is 108 Å². The molecule has 3 aromatic rings. The van der Waals surface area contributed by atoms with Crippen molar-refractivity contribution in [2.24, 2.45) is 5.92 Å². The van der Waals surface area contributed by atoms with Gasteiger partial charge in [0.2, 0.25) is 17.7 Å². The highest BCUT2D eigenvalue weighted by Crippen LogP contribution is 2.35. The Morgan fingerprint density at radius 1 is 0.830 bits per heavy atom. The van der Waals surface area contributed by atoms with Crippen molar-refractivity contribution in [3.8, 4) is 0 Å². The fourth-order valence-corrected chi connectivity index (χ4v) is 6.68. The molecule has 2 saturated heterocycles. The molecular formula is C36H43BN6O4. The Morgan fingerprint density at radius 2 is 1.43 bits per heavy atom. The molecule has 2 radical (unpaired) electrons. The molecule has 5 rings (SSSR count). The highest BCUT2D eigenvalue weighted by atomic mass is 16.2. The van der Waals surface area contributed by atoms with E-state index >= 15 is 0 Å². The number of fused-ring (bicyclic) bond motifs is 1. The molecule has 0 aliphatic carbocycles. The molecule has 10 nitrogen and oxygen atoms in total. The Labute approximate surface area is 277 Å². The van der Waals surface area contributed by atoms with E-state index in [0.717, 1.165) is 16.7 Å². The second-order valence-electron chi connectivity index (χ2n) is 12.3. The van der Waals surface area contributed by atoms with Gasteiger partial charge in [0, 0.05) is 25.0 Å². The van der Waals surface area contributed by atoms with Crippen molar-refractivity contribution in [2.75, 3.05) is 6.54 Å². The minimum absolute atomic E-state index is 0.156. The smallest absolute Gasteiger partial charge is 0.315 e. The quantitative estimate of drug-likeness (QED) is 0.196. The number of benzene rings is 3. The first-order valence-electron chi connectivity index (χ1n) is 16.4. The molecule has 0 bridgehead atoms. The van der Waals surface area contributed by atoms with Crippen LogP contribution in [0.4, 0.5) is 4.79 Å². The molecule has 3 aromatic carbocycles. The van der Waals surface area contributed by atoms with Gasteiger partial charge in [-0.1, -0.05) is 97.9 Å². The summed E-state index contributed by atoms with van der Waals surface area (Å²) >= 11 is 0. The number of carbonyl (C=O) groups excluding carboxylic acids is 4. The first-order valence-corrected chi connectivity index (χ1v) is 16.4. The lowest BCUT2D eigenvalue weighted by atomic mass is 9.92. The minimum atomic E-state index is -0.947. The van der Waals surface area contributed by atoms with E-state index in [4.69, 9.17) is 7.98 Å². The summed E-state index contributed by atoms with van der Waals surface area (Å²) in [5.41, 5.74) is 2.83. The zero-order valence-corrected chi connectivity index (χ0v) is 26.7. The topological polar surface area (TPSA) is 132 Å². The van der Waals surface area contributed by atoms with Crippen molar-refractivity contribution in [3.63, 3.8) is 0 Å². The predicted molar refractivity (Wildman–Crippen MR) is 181 cm³/mol. The number of urea groups is 1. The molecule has 2 fully saturated rings. The average Bonchev–Trinajstić information content (AvgIpc) is 3.49. The van der Waals surface area contributed by atoms with E-state index < -0.39 is 30.1 Å². The van der Waals surface area contributed by atoms with Gasteiger partial charge in [-0.05, 0) is 48.8 Å². The van der Waals surface area contributed by atoms with E-state index in [9.17, 15) is 19.2 Å². The molecule has 5 amide bonds. The van der Waals surface area contributed by atoms with E-state index in [0.29, 0.717) is 38.6 Å². The number of nitrogens with one attached hydrogen (secondary N) is 5. The summed E-state index contributed by atoms with van der Waals surface area (Å²) in [6.07, 6.45) is 2.84. The van der Waals surface area contributed by atoms with Crippen LogP contribution >= 0.6 is 0 Å². The van der Waals surface area contributed by atoms with Crippen LogP contribution < -0.4 is 26.5 Å². The van der Waals surface area contributed by atoms with E-state index in [1.807, 2.05) is 97.9 Å².